The van der Waals surface area contributed by atoms with Crippen LogP contribution < -0.4 is 9.47 Å². The van der Waals surface area contributed by atoms with Crippen LogP contribution in [0, 0.1) is 5.82 Å². The number of rotatable bonds is 3. The van der Waals surface area contributed by atoms with Gasteiger partial charge in [-0.25, -0.2) is 4.39 Å². The van der Waals surface area contributed by atoms with E-state index < -0.39 is 0 Å². The standard InChI is InChI=1S/C15H12BrFO2/c16-13-6-5-11(7-14(13)17)18-8-10-9-19-15-4-2-1-3-12(10)15/h1-7,10H,8-9H2. The number of benzene rings is 2. The Kier molecular flexibility index (Phi) is 3.42. The lowest BCUT2D eigenvalue weighted by atomic mass is 10.0. The zero-order chi connectivity index (χ0) is 13.2. The Morgan fingerprint density at radius 2 is 2.11 bits per heavy atom. The molecule has 3 rings (SSSR count). The molecule has 1 aliphatic heterocycles. The van der Waals surface area contributed by atoms with Gasteiger partial charge in [-0.15, -0.1) is 0 Å². The fourth-order valence-corrected chi connectivity index (χ4v) is 2.38. The van der Waals surface area contributed by atoms with Crippen molar-refractivity contribution in [2.75, 3.05) is 13.2 Å². The molecule has 2 aromatic carbocycles. The summed E-state index contributed by atoms with van der Waals surface area (Å²) in [6, 6.07) is 12.7. The number of halogens is 2. The maximum absolute atomic E-state index is 13.4. The van der Waals surface area contributed by atoms with Crippen LogP contribution in [0.3, 0.4) is 0 Å². The zero-order valence-corrected chi connectivity index (χ0v) is 11.7. The number of ether oxygens (including phenoxy) is 2. The first-order chi connectivity index (χ1) is 9.24. The molecule has 1 unspecified atom stereocenters. The maximum Gasteiger partial charge on any atom is 0.141 e. The monoisotopic (exact) mass is 322 g/mol. The van der Waals surface area contributed by atoms with Crippen molar-refractivity contribution in [2.45, 2.75) is 5.92 Å². The zero-order valence-electron chi connectivity index (χ0n) is 10.1. The highest BCUT2D eigenvalue weighted by Crippen LogP contribution is 2.33. The van der Waals surface area contributed by atoms with Crippen molar-refractivity contribution in [1.29, 1.82) is 0 Å². The normalized spacial score (nSPS) is 16.8. The third-order valence-electron chi connectivity index (χ3n) is 3.14. The van der Waals surface area contributed by atoms with Gasteiger partial charge in [0.15, 0.2) is 0 Å². The Hall–Kier alpha value is -1.55. The molecule has 0 fully saturated rings. The fourth-order valence-electron chi connectivity index (χ4n) is 2.13. The Morgan fingerprint density at radius 3 is 2.95 bits per heavy atom. The molecule has 2 nitrogen and oxygen atoms in total. The molecule has 98 valence electrons. The number of hydrogen-bond acceptors (Lipinski definition) is 2. The van der Waals surface area contributed by atoms with E-state index in [-0.39, 0.29) is 11.7 Å². The van der Waals surface area contributed by atoms with Crippen molar-refractivity contribution in [1.82, 2.24) is 0 Å². The molecule has 0 bridgehead atoms. The van der Waals surface area contributed by atoms with Gasteiger partial charge in [0.05, 0.1) is 23.6 Å². The van der Waals surface area contributed by atoms with Crippen LogP contribution in [-0.4, -0.2) is 13.2 Å². The van der Waals surface area contributed by atoms with E-state index in [1.54, 1.807) is 12.1 Å². The molecule has 0 aromatic heterocycles. The van der Waals surface area contributed by atoms with E-state index in [0.717, 1.165) is 11.3 Å². The summed E-state index contributed by atoms with van der Waals surface area (Å²) in [5.74, 6) is 1.33. The van der Waals surface area contributed by atoms with Crippen LogP contribution in [0.2, 0.25) is 0 Å². The van der Waals surface area contributed by atoms with Crippen LogP contribution in [0.1, 0.15) is 11.5 Å². The van der Waals surface area contributed by atoms with Gasteiger partial charge < -0.3 is 9.47 Å². The highest BCUT2D eigenvalue weighted by atomic mass is 79.9. The van der Waals surface area contributed by atoms with E-state index in [1.165, 1.54) is 6.07 Å². The third kappa shape index (κ3) is 2.59. The first-order valence-electron chi connectivity index (χ1n) is 6.03. The summed E-state index contributed by atoms with van der Waals surface area (Å²) in [5, 5.41) is 0. The highest BCUT2D eigenvalue weighted by molar-refractivity contribution is 9.10. The molecule has 0 saturated heterocycles. The molecule has 0 saturated carbocycles. The molecule has 0 amide bonds. The van der Waals surface area contributed by atoms with E-state index >= 15 is 0 Å². The minimum atomic E-state index is -0.319. The molecule has 0 aliphatic carbocycles. The molecular weight excluding hydrogens is 311 g/mol. The highest BCUT2D eigenvalue weighted by Gasteiger charge is 2.24. The summed E-state index contributed by atoms with van der Waals surface area (Å²) in [6.45, 7) is 1.09. The molecule has 1 aliphatic rings. The molecule has 1 heterocycles. The Labute approximate surface area is 119 Å². The second-order valence-corrected chi connectivity index (χ2v) is 5.29. The number of fused-ring (bicyclic) bond motifs is 1. The van der Waals surface area contributed by atoms with Gasteiger partial charge in [-0.1, -0.05) is 18.2 Å². The van der Waals surface area contributed by atoms with Crippen molar-refractivity contribution < 1.29 is 13.9 Å². The Bertz CT molecular complexity index is 600. The van der Waals surface area contributed by atoms with E-state index in [2.05, 4.69) is 15.9 Å². The molecule has 0 N–H and O–H groups in total. The van der Waals surface area contributed by atoms with E-state index in [4.69, 9.17) is 9.47 Å². The van der Waals surface area contributed by atoms with Gasteiger partial charge in [0.2, 0.25) is 0 Å². The van der Waals surface area contributed by atoms with Crippen molar-refractivity contribution in [3.8, 4) is 11.5 Å². The summed E-state index contributed by atoms with van der Waals surface area (Å²) < 4.78 is 25.0. The molecule has 4 heteroatoms. The lowest BCUT2D eigenvalue weighted by molar-refractivity contribution is 0.247. The quantitative estimate of drug-likeness (QED) is 0.845. The summed E-state index contributed by atoms with van der Waals surface area (Å²) >= 11 is 3.12. The van der Waals surface area contributed by atoms with Gasteiger partial charge in [0.25, 0.3) is 0 Å². The van der Waals surface area contributed by atoms with Crippen LogP contribution in [0.15, 0.2) is 46.9 Å². The molecule has 1 atom stereocenters. The summed E-state index contributed by atoms with van der Waals surface area (Å²) in [5.41, 5.74) is 1.15. The van der Waals surface area contributed by atoms with Crippen molar-refractivity contribution in [2.24, 2.45) is 0 Å². The molecular formula is C15H12BrFO2. The first-order valence-corrected chi connectivity index (χ1v) is 6.83. The van der Waals surface area contributed by atoms with Crippen LogP contribution in [0.4, 0.5) is 4.39 Å². The second-order valence-electron chi connectivity index (χ2n) is 4.43. The minimum Gasteiger partial charge on any atom is -0.493 e. The number of hydrogen-bond donors (Lipinski definition) is 0. The van der Waals surface area contributed by atoms with Gasteiger partial charge in [-0.05, 0) is 34.1 Å². The number of para-hydroxylation sites is 1. The van der Waals surface area contributed by atoms with E-state index in [1.807, 2.05) is 24.3 Å². The summed E-state index contributed by atoms with van der Waals surface area (Å²) in [7, 11) is 0. The van der Waals surface area contributed by atoms with Crippen LogP contribution in [-0.2, 0) is 0 Å². The van der Waals surface area contributed by atoms with Crippen LogP contribution in [0.25, 0.3) is 0 Å². The first kappa shape index (κ1) is 12.5. The van der Waals surface area contributed by atoms with Gasteiger partial charge in [-0.2, -0.15) is 0 Å². The Morgan fingerprint density at radius 1 is 1.26 bits per heavy atom. The average molecular weight is 323 g/mol. The molecule has 0 radical (unpaired) electrons. The second kappa shape index (κ2) is 5.21. The molecule has 2 aromatic rings. The minimum absolute atomic E-state index is 0.197. The van der Waals surface area contributed by atoms with Crippen LogP contribution in [0.5, 0.6) is 11.5 Å². The predicted octanol–water partition coefficient (Wildman–Crippen LogP) is 4.14. The fraction of sp³-hybridized carbons (Fsp3) is 0.200. The van der Waals surface area contributed by atoms with Gasteiger partial charge in [0.1, 0.15) is 17.3 Å². The topological polar surface area (TPSA) is 18.5 Å². The Balaban J connectivity index is 1.69. The largest absolute Gasteiger partial charge is 0.493 e. The lowest BCUT2D eigenvalue weighted by Gasteiger charge is -2.11. The predicted molar refractivity (Wildman–Crippen MR) is 74.3 cm³/mol. The van der Waals surface area contributed by atoms with Gasteiger partial charge >= 0.3 is 0 Å². The SMILES string of the molecule is Fc1cc(OCC2COc3ccccc32)ccc1Br. The maximum atomic E-state index is 13.4. The smallest absolute Gasteiger partial charge is 0.141 e. The van der Waals surface area contributed by atoms with Crippen molar-refractivity contribution >= 4 is 15.9 Å². The lowest BCUT2D eigenvalue weighted by Crippen LogP contribution is -2.11. The summed E-state index contributed by atoms with van der Waals surface area (Å²) in [6.07, 6.45) is 0. The van der Waals surface area contributed by atoms with E-state index in [9.17, 15) is 4.39 Å². The molecule has 19 heavy (non-hydrogen) atoms. The average Bonchev–Trinajstić information content (AvgIpc) is 2.83. The summed E-state index contributed by atoms with van der Waals surface area (Å²) in [4.78, 5) is 0. The van der Waals surface area contributed by atoms with Crippen LogP contribution >= 0.6 is 15.9 Å². The molecule has 0 spiro atoms. The van der Waals surface area contributed by atoms with Gasteiger partial charge in [-0.3, -0.25) is 0 Å². The van der Waals surface area contributed by atoms with Gasteiger partial charge in [0, 0.05) is 11.6 Å². The van der Waals surface area contributed by atoms with Crippen molar-refractivity contribution in [3.05, 3.63) is 58.3 Å². The third-order valence-corrected chi connectivity index (χ3v) is 3.78. The van der Waals surface area contributed by atoms with Crippen molar-refractivity contribution in [3.63, 3.8) is 0 Å². The van der Waals surface area contributed by atoms with E-state index in [0.29, 0.717) is 23.4 Å².